The SMILES string of the molecule is CCC(Sc1nc(-c2ccccc2)cc(-c2ccc(C)cc2)c1C#N)C(=O)Nc1cccc(C)c1C. The van der Waals surface area contributed by atoms with Gasteiger partial charge in [0.05, 0.1) is 16.5 Å². The van der Waals surface area contributed by atoms with E-state index in [1.54, 1.807) is 0 Å². The quantitative estimate of drug-likeness (QED) is 0.269. The topological polar surface area (TPSA) is 65.8 Å². The monoisotopic (exact) mass is 491 g/mol. The van der Waals surface area contributed by atoms with Gasteiger partial charge in [0, 0.05) is 16.8 Å². The minimum atomic E-state index is -0.401. The van der Waals surface area contributed by atoms with Crippen LogP contribution in [0.5, 0.6) is 0 Å². The van der Waals surface area contributed by atoms with Gasteiger partial charge in [-0.15, -0.1) is 0 Å². The summed E-state index contributed by atoms with van der Waals surface area (Å²) in [6.07, 6.45) is 0.601. The van der Waals surface area contributed by atoms with Crippen molar-refractivity contribution in [2.24, 2.45) is 0 Å². The molecule has 1 N–H and O–H groups in total. The van der Waals surface area contributed by atoms with Gasteiger partial charge < -0.3 is 5.32 Å². The van der Waals surface area contributed by atoms with Crippen LogP contribution in [0, 0.1) is 32.1 Å². The second-order valence-corrected chi connectivity index (χ2v) is 10.0. The molecule has 1 amide bonds. The first-order chi connectivity index (χ1) is 17.4. The number of aromatic nitrogens is 1. The van der Waals surface area contributed by atoms with Crippen molar-refractivity contribution in [2.75, 3.05) is 5.32 Å². The van der Waals surface area contributed by atoms with E-state index in [0.717, 1.165) is 44.8 Å². The van der Waals surface area contributed by atoms with Crippen LogP contribution in [0.25, 0.3) is 22.4 Å². The maximum atomic E-state index is 13.3. The third kappa shape index (κ3) is 5.50. The Balaban J connectivity index is 1.76. The molecule has 4 aromatic rings. The molecule has 36 heavy (non-hydrogen) atoms. The summed E-state index contributed by atoms with van der Waals surface area (Å²) in [6.45, 7) is 8.06. The Bertz CT molecular complexity index is 1420. The molecule has 0 fully saturated rings. The van der Waals surface area contributed by atoms with E-state index in [0.29, 0.717) is 17.0 Å². The second-order valence-electron chi connectivity index (χ2n) is 8.83. The maximum Gasteiger partial charge on any atom is 0.237 e. The third-order valence-corrected chi connectivity index (χ3v) is 7.66. The Morgan fingerprint density at radius 3 is 2.36 bits per heavy atom. The van der Waals surface area contributed by atoms with Crippen LogP contribution < -0.4 is 5.32 Å². The Kier molecular flexibility index (Phi) is 7.87. The number of nitrogens with zero attached hydrogens (tertiary/aromatic N) is 2. The van der Waals surface area contributed by atoms with E-state index in [9.17, 15) is 10.1 Å². The Hall–Kier alpha value is -3.88. The van der Waals surface area contributed by atoms with Crippen molar-refractivity contribution in [1.29, 1.82) is 5.26 Å². The fraction of sp³-hybridized carbons (Fsp3) is 0.194. The highest BCUT2D eigenvalue weighted by Crippen LogP contribution is 2.37. The number of rotatable bonds is 7. The van der Waals surface area contributed by atoms with E-state index >= 15 is 0 Å². The van der Waals surface area contributed by atoms with Gasteiger partial charge in [-0.25, -0.2) is 4.98 Å². The molecule has 4 nitrogen and oxygen atoms in total. The molecule has 4 rings (SSSR count). The number of hydrogen-bond acceptors (Lipinski definition) is 4. The number of anilines is 1. The number of amides is 1. The highest BCUT2D eigenvalue weighted by molar-refractivity contribution is 8.00. The van der Waals surface area contributed by atoms with Crippen molar-refractivity contribution in [3.63, 3.8) is 0 Å². The number of carbonyl (C=O) groups excluding carboxylic acids is 1. The summed E-state index contributed by atoms with van der Waals surface area (Å²) in [5, 5.41) is 13.5. The summed E-state index contributed by atoms with van der Waals surface area (Å²) in [4.78, 5) is 18.2. The number of carbonyl (C=O) groups is 1. The van der Waals surface area contributed by atoms with Crippen LogP contribution in [0.2, 0.25) is 0 Å². The Morgan fingerprint density at radius 1 is 0.972 bits per heavy atom. The largest absolute Gasteiger partial charge is 0.325 e. The molecular weight excluding hydrogens is 462 g/mol. The van der Waals surface area contributed by atoms with Crippen molar-refractivity contribution in [3.8, 4) is 28.5 Å². The van der Waals surface area contributed by atoms with E-state index in [4.69, 9.17) is 4.98 Å². The lowest BCUT2D eigenvalue weighted by Gasteiger charge is -2.18. The van der Waals surface area contributed by atoms with Crippen LogP contribution in [0.1, 0.15) is 35.6 Å². The minimum absolute atomic E-state index is 0.0936. The lowest BCUT2D eigenvalue weighted by molar-refractivity contribution is -0.115. The van der Waals surface area contributed by atoms with Crippen molar-refractivity contribution < 1.29 is 4.79 Å². The van der Waals surface area contributed by atoms with Crippen LogP contribution in [-0.2, 0) is 4.79 Å². The van der Waals surface area contributed by atoms with E-state index in [-0.39, 0.29) is 5.91 Å². The molecule has 0 saturated carbocycles. The van der Waals surface area contributed by atoms with Crippen molar-refractivity contribution in [2.45, 2.75) is 44.4 Å². The average molecular weight is 492 g/mol. The van der Waals surface area contributed by atoms with Gasteiger partial charge in [0.15, 0.2) is 0 Å². The van der Waals surface area contributed by atoms with Gasteiger partial charge in [0.1, 0.15) is 11.1 Å². The molecule has 1 atom stereocenters. The normalized spacial score (nSPS) is 11.5. The predicted molar refractivity (Wildman–Crippen MR) is 149 cm³/mol. The average Bonchev–Trinajstić information content (AvgIpc) is 2.90. The maximum absolute atomic E-state index is 13.3. The fourth-order valence-electron chi connectivity index (χ4n) is 3.99. The van der Waals surface area contributed by atoms with Gasteiger partial charge >= 0.3 is 0 Å². The number of pyridine rings is 1. The molecule has 180 valence electrons. The Morgan fingerprint density at radius 2 is 1.69 bits per heavy atom. The smallest absolute Gasteiger partial charge is 0.237 e. The lowest BCUT2D eigenvalue weighted by atomic mass is 9.98. The first-order valence-corrected chi connectivity index (χ1v) is 12.9. The second kappa shape index (κ2) is 11.2. The number of nitriles is 1. The van der Waals surface area contributed by atoms with E-state index in [1.807, 2.05) is 107 Å². The third-order valence-electron chi connectivity index (χ3n) is 6.31. The molecule has 0 aliphatic carbocycles. The van der Waals surface area contributed by atoms with E-state index in [2.05, 4.69) is 11.4 Å². The standard InChI is InChI=1S/C31H29N3OS/c1-5-29(30(35)33-27-13-9-10-21(3)22(27)4)36-31-26(19-32)25(23-16-14-20(2)15-17-23)18-28(34-31)24-11-7-6-8-12-24/h6-18,29H,5H2,1-4H3,(H,33,35). The van der Waals surface area contributed by atoms with E-state index < -0.39 is 5.25 Å². The summed E-state index contributed by atoms with van der Waals surface area (Å²) in [5.74, 6) is -0.0936. The molecule has 0 spiro atoms. The van der Waals surface area contributed by atoms with Gasteiger partial charge in [-0.3, -0.25) is 4.79 Å². The Labute approximate surface area is 217 Å². The minimum Gasteiger partial charge on any atom is -0.325 e. The van der Waals surface area contributed by atoms with Crippen molar-refractivity contribution in [3.05, 3.63) is 101 Å². The van der Waals surface area contributed by atoms with Crippen LogP contribution in [0.15, 0.2) is 83.9 Å². The highest BCUT2D eigenvalue weighted by atomic mass is 32.2. The van der Waals surface area contributed by atoms with Gasteiger partial charge in [0.25, 0.3) is 0 Å². The van der Waals surface area contributed by atoms with Gasteiger partial charge in [0.2, 0.25) is 5.91 Å². The fourth-order valence-corrected chi connectivity index (χ4v) is 5.02. The molecule has 0 bridgehead atoms. The molecule has 1 heterocycles. The van der Waals surface area contributed by atoms with Crippen molar-refractivity contribution >= 4 is 23.4 Å². The van der Waals surface area contributed by atoms with E-state index in [1.165, 1.54) is 11.8 Å². The summed E-state index contributed by atoms with van der Waals surface area (Å²) < 4.78 is 0. The zero-order valence-electron chi connectivity index (χ0n) is 21.0. The van der Waals surface area contributed by atoms with Crippen LogP contribution in [0.4, 0.5) is 5.69 Å². The van der Waals surface area contributed by atoms with Crippen LogP contribution in [0.3, 0.4) is 0 Å². The number of benzene rings is 3. The molecule has 5 heteroatoms. The molecule has 0 aliphatic rings. The molecule has 1 aromatic heterocycles. The first-order valence-electron chi connectivity index (χ1n) is 12.0. The van der Waals surface area contributed by atoms with Gasteiger partial charge in [-0.1, -0.05) is 91.0 Å². The van der Waals surface area contributed by atoms with Crippen LogP contribution in [-0.4, -0.2) is 16.1 Å². The number of hydrogen-bond donors (Lipinski definition) is 1. The lowest BCUT2D eigenvalue weighted by Crippen LogP contribution is -2.25. The molecule has 1 unspecified atom stereocenters. The zero-order valence-corrected chi connectivity index (χ0v) is 21.8. The van der Waals surface area contributed by atoms with Crippen molar-refractivity contribution in [1.82, 2.24) is 4.98 Å². The summed E-state index contributed by atoms with van der Waals surface area (Å²) in [5.41, 5.74) is 8.13. The predicted octanol–water partition coefficient (Wildman–Crippen LogP) is 7.72. The van der Waals surface area contributed by atoms with Crippen LogP contribution >= 0.6 is 11.8 Å². The van der Waals surface area contributed by atoms with Gasteiger partial charge in [-0.05, 0) is 56.0 Å². The first kappa shape index (κ1) is 25.2. The van der Waals surface area contributed by atoms with Gasteiger partial charge in [-0.2, -0.15) is 5.26 Å². The summed E-state index contributed by atoms with van der Waals surface area (Å²) >= 11 is 1.35. The zero-order chi connectivity index (χ0) is 25.7. The summed E-state index contributed by atoms with van der Waals surface area (Å²) in [7, 11) is 0. The molecule has 0 radical (unpaired) electrons. The summed E-state index contributed by atoms with van der Waals surface area (Å²) in [6, 6.07) is 28.3. The number of thioether (sulfide) groups is 1. The molecular formula is C31H29N3OS. The number of aryl methyl sites for hydroxylation is 2. The molecule has 0 aliphatic heterocycles. The number of nitrogens with one attached hydrogen (secondary N) is 1. The highest BCUT2D eigenvalue weighted by Gasteiger charge is 2.24. The molecule has 0 saturated heterocycles. The molecule has 3 aromatic carbocycles.